The van der Waals surface area contributed by atoms with Crippen LogP contribution in [0, 0.1) is 5.41 Å². The predicted octanol–water partition coefficient (Wildman–Crippen LogP) is 6.28. The van der Waals surface area contributed by atoms with Crippen molar-refractivity contribution in [2.24, 2.45) is 0 Å². The Balaban J connectivity index is 1.43. The molecule has 0 radical (unpaired) electrons. The third kappa shape index (κ3) is 3.47. The monoisotopic (exact) mass is 368 g/mol. The molecule has 0 aliphatic heterocycles. The molecule has 0 saturated heterocycles. The summed E-state index contributed by atoms with van der Waals surface area (Å²) in [5.41, 5.74) is 9.28. The summed E-state index contributed by atoms with van der Waals surface area (Å²) in [7, 11) is 4.08. The highest BCUT2D eigenvalue weighted by Gasteiger charge is 2.27. The Morgan fingerprint density at radius 3 is 2.11 bits per heavy atom. The molecule has 2 nitrogen and oxygen atoms in total. The lowest BCUT2D eigenvalue weighted by Crippen LogP contribution is -2.09. The molecule has 1 aliphatic carbocycles. The topological polar surface area (TPSA) is 27.1 Å². The molecule has 0 aromatic heterocycles. The van der Waals surface area contributed by atoms with Crippen LogP contribution < -0.4 is 4.90 Å². The number of rotatable bonds is 7. The average Bonchev–Trinajstić information content (AvgIpc) is 3.05. The number of nitrogens with zero attached hydrogens (tertiary/aromatic N) is 1. The molecule has 0 unspecified atom stereocenters. The molecule has 3 aromatic carbocycles. The second kappa shape index (κ2) is 8.02. The zero-order valence-electron chi connectivity index (χ0n) is 16.8. The molecule has 1 aliphatic rings. The van der Waals surface area contributed by atoms with E-state index in [0.29, 0.717) is 5.92 Å². The fourth-order valence-corrected chi connectivity index (χ4v) is 4.46. The van der Waals surface area contributed by atoms with Gasteiger partial charge in [-0.25, -0.2) is 0 Å². The summed E-state index contributed by atoms with van der Waals surface area (Å²) in [5.74, 6) is 0.519. The molecule has 3 aromatic rings. The van der Waals surface area contributed by atoms with Crippen LogP contribution in [0.2, 0.25) is 0 Å². The van der Waals surface area contributed by atoms with E-state index < -0.39 is 0 Å². The average molecular weight is 369 g/mol. The predicted molar refractivity (Wildman–Crippen MR) is 120 cm³/mol. The Labute approximate surface area is 168 Å². The second-order valence-electron chi connectivity index (χ2n) is 7.89. The lowest BCUT2D eigenvalue weighted by molar-refractivity contribution is 0.633. The van der Waals surface area contributed by atoms with E-state index in [1.807, 2.05) is 14.1 Å². The van der Waals surface area contributed by atoms with Gasteiger partial charge in [0.05, 0.1) is 0 Å². The van der Waals surface area contributed by atoms with Crippen molar-refractivity contribution in [3.05, 3.63) is 89.0 Å². The maximum absolute atomic E-state index is 7.76. The second-order valence-corrected chi connectivity index (χ2v) is 7.89. The van der Waals surface area contributed by atoms with E-state index in [-0.39, 0.29) is 0 Å². The van der Waals surface area contributed by atoms with Gasteiger partial charge >= 0.3 is 0 Å². The number of benzene rings is 3. The molecule has 0 spiro atoms. The standard InChI is InChI=1S/C26H28N2/c1-28(2)21-16-15-19(20(17-21)18-27)9-3-4-10-22-23-11-5-7-13-25(23)26-14-8-6-12-24(22)26/h5-8,11-18,22,27H,3-4,9-10H2,1-2H3. The number of nitrogens with one attached hydrogen (secondary N) is 1. The third-order valence-electron chi connectivity index (χ3n) is 5.95. The summed E-state index contributed by atoms with van der Waals surface area (Å²) in [6.07, 6.45) is 6.06. The Morgan fingerprint density at radius 1 is 0.857 bits per heavy atom. The van der Waals surface area contributed by atoms with Crippen LogP contribution in [0.1, 0.15) is 47.4 Å². The van der Waals surface area contributed by atoms with Crippen molar-refractivity contribution in [3.8, 4) is 11.1 Å². The summed E-state index contributed by atoms with van der Waals surface area (Å²) in [4.78, 5) is 2.09. The van der Waals surface area contributed by atoms with Crippen LogP contribution in [0.15, 0.2) is 66.7 Å². The highest BCUT2D eigenvalue weighted by molar-refractivity contribution is 5.81. The molecule has 4 rings (SSSR count). The highest BCUT2D eigenvalue weighted by atomic mass is 15.1. The summed E-state index contributed by atoms with van der Waals surface area (Å²) in [6, 6.07) is 24.2. The van der Waals surface area contributed by atoms with Crippen LogP contribution in [-0.2, 0) is 6.42 Å². The van der Waals surface area contributed by atoms with Crippen LogP contribution in [0.25, 0.3) is 11.1 Å². The van der Waals surface area contributed by atoms with Crippen LogP contribution >= 0.6 is 0 Å². The molecule has 28 heavy (non-hydrogen) atoms. The molecule has 1 N–H and O–H groups in total. The van der Waals surface area contributed by atoms with Gasteiger partial charge in [-0.2, -0.15) is 0 Å². The maximum atomic E-state index is 7.76. The Hall–Kier alpha value is -2.87. The molecule has 142 valence electrons. The van der Waals surface area contributed by atoms with E-state index in [1.165, 1.54) is 46.9 Å². The number of aryl methyl sites for hydroxylation is 1. The van der Waals surface area contributed by atoms with Gasteiger partial charge in [-0.15, -0.1) is 0 Å². The van der Waals surface area contributed by atoms with Gasteiger partial charge in [0.25, 0.3) is 0 Å². The van der Waals surface area contributed by atoms with Gasteiger partial charge in [0, 0.05) is 31.9 Å². The molecule has 0 saturated carbocycles. The summed E-state index contributed by atoms with van der Waals surface area (Å²) in [6.45, 7) is 0. The van der Waals surface area contributed by atoms with E-state index in [1.54, 1.807) is 0 Å². The first-order chi connectivity index (χ1) is 13.7. The van der Waals surface area contributed by atoms with Gasteiger partial charge < -0.3 is 10.3 Å². The Kier molecular flexibility index (Phi) is 5.29. The highest BCUT2D eigenvalue weighted by Crippen LogP contribution is 2.46. The fourth-order valence-electron chi connectivity index (χ4n) is 4.46. The van der Waals surface area contributed by atoms with Crippen LogP contribution in [0.5, 0.6) is 0 Å². The molecule has 0 heterocycles. The SMILES string of the molecule is CN(C)c1ccc(CCCCC2c3ccccc3-c3ccccc32)c(C=N)c1. The smallest absolute Gasteiger partial charge is 0.0367 e. The van der Waals surface area contributed by atoms with E-state index in [2.05, 4.69) is 71.6 Å². The van der Waals surface area contributed by atoms with E-state index in [4.69, 9.17) is 5.41 Å². The normalized spacial score (nSPS) is 12.5. The van der Waals surface area contributed by atoms with Gasteiger partial charge in [0.15, 0.2) is 0 Å². The zero-order valence-corrected chi connectivity index (χ0v) is 16.8. The first kappa shape index (κ1) is 18.5. The zero-order chi connectivity index (χ0) is 19.5. The summed E-state index contributed by atoms with van der Waals surface area (Å²) in [5, 5.41) is 7.76. The van der Waals surface area contributed by atoms with E-state index >= 15 is 0 Å². The van der Waals surface area contributed by atoms with Gasteiger partial charge in [0.1, 0.15) is 0 Å². The number of hydrogen-bond acceptors (Lipinski definition) is 2. The van der Waals surface area contributed by atoms with Crippen molar-refractivity contribution in [1.82, 2.24) is 0 Å². The molecule has 0 fully saturated rings. The lowest BCUT2D eigenvalue weighted by Gasteiger charge is -2.16. The summed E-state index contributed by atoms with van der Waals surface area (Å²) < 4.78 is 0. The molecule has 0 bridgehead atoms. The van der Waals surface area contributed by atoms with E-state index in [9.17, 15) is 0 Å². The molecule has 0 atom stereocenters. The number of hydrogen-bond donors (Lipinski definition) is 1. The van der Waals surface area contributed by atoms with Crippen molar-refractivity contribution in [3.63, 3.8) is 0 Å². The van der Waals surface area contributed by atoms with Gasteiger partial charge in [-0.05, 0) is 64.8 Å². The largest absolute Gasteiger partial charge is 0.378 e. The molecular weight excluding hydrogens is 340 g/mol. The van der Waals surface area contributed by atoms with Crippen molar-refractivity contribution in [1.29, 1.82) is 5.41 Å². The maximum Gasteiger partial charge on any atom is 0.0367 e. The molecule has 0 amide bonds. The van der Waals surface area contributed by atoms with Crippen molar-refractivity contribution < 1.29 is 0 Å². The number of unbranched alkanes of at least 4 members (excludes halogenated alkanes) is 1. The van der Waals surface area contributed by atoms with Crippen LogP contribution in [0.3, 0.4) is 0 Å². The number of anilines is 1. The van der Waals surface area contributed by atoms with Gasteiger partial charge in [-0.3, -0.25) is 0 Å². The van der Waals surface area contributed by atoms with Crippen molar-refractivity contribution in [2.75, 3.05) is 19.0 Å². The third-order valence-corrected chi connectivity index (χ3v) is 5.95. The minimum atomic E-state index is 0.519. The molecular formula is C26H28N2. The quantitative estimate of drug-likeness (QED) is 0.386. The van der Waals surface area contributed by atoms with E-state index in [0.717, 1.165) is 24.1 Å². The van der Waals surface area contributed by atoms with Crippen LogP contribution in [-0.4, -0.2) is 20.3 Å². The van der Waals surface area contributed by atoms with Crippen molar-refractivity contribution >= 4 is 11.9 Å². The van der Waals surface area contributed by atoms with Gasteiger partial charge in [0.2, 0.25) is 0 Å². The first-order valence-electron chi connectivity index (χ1n) is 10.2. The fraction of sp³-hybridized carbons (Fsp3) is 0.269. The first-order valence-corrected chi connectivity index (χ1v) is 10.2. The van der Waals surface area contributed by atoms with Crippen LogP contribution in [0.4, 0.5) is 5.69 Å². The lowest BCUT2D eigenvalue weighted by atomic mass is 9.90. The molecule has 2 heteroatoms. The minimum Gasteiger partial charge on any atom is -0.378 e. The summed E-state index contributed by atoms with van der Waals surface area (Å²) >= 11 is 0. The van der Waals surface area contributed by atoms with Gasteiger partial charge in [-0.1, -0.05) is 61.0 Å². The Morgan fingerprint density at radius 2 is 1.50 bits per heavy atom. The Bertz CT molecular complexity index is 942. The van der Waals surface area contributed by atoms with Crippen molar-refractivity contribution in [2.45, 2.75) is 31.6 Å². The minimum absolute atomic E-state index is 0.519. The number of fused-ring (bicyclic) bond motifs is 3.